The van der Waals surface area contributed by atoms with Gasteiger partial charge in [0, 0.05) is 12.6 Å². The minimum Gasteiger partial charge on any atom is -0.412 e. The summed E-state index contributed by atoms with van der Waals surface area (Å²) in [5.74, 6) is 0.635. The lowest BCUT2D eigenvalue weighted by molar-refractivity contribution is 0.188. The average molecular weight is 378 g/mol. The van der Waals surface area contributed by atoms with Gasteiger partial charge in [0.2, 0.25) is 5.28 Å². The van der Waals surface area contributed by atoms with Gasteiger partial charge in [0.15, 0.2) is 8.32 Å². The molecular formula is C15H25Cl2N3O2Si. The van der Waals surface area contributed by atoms with Crippen LogP contribution in [0.15, 0.2) is 6.07 Å². The van der Waals surface area contributed by atoms with Gasteiger partial charge in [0.25, 0.3) is 0 Å². The van der Waals surface area contributed by atoms with Crippen molar-refractivity contribution in [1.82, 2.24) is 9.97 Å². The van der Waals surface area contributed by atoms with E-state index >= 15 is 0 Å². The SMILES string of the molecule is CC(C)(C)[Si](C)(C)O[C@@H]1C[C@H](CO)N(c2cc(Cl)nc(Cl)n2)C1. The summed E-state index contributed by atoms with van der Waals surface area (Å²) in [4.78, 5) is 10.1. The number of aliphatic hydroxyl groups excluding tert-OH is 1. The highest BCUT2D eigenvalue weighted by molar-refractivity contribution is 6.74. The largest absolute Gasteiger partial charge is 0.412 e. The summed E-state index contributed by atoms with van der Waals surface area (Å²) in [5.41, 5.74) is 0. The van der Waals surface area contributed by atoms with Crippen molar-refractivity contribution in [3.05, 3.63) is 16.5 Å². The highest BCUT2D eigenvalue weighted by atomic mass is 35.5. The fraction of sp³-hybridized carbons (Fsp3) is 0.733. The minimum absolute atomic E-state index is 0.0383. The van der Waals surface area contributed by atoms with Gasteiger partial charge >= 0.3 is 0 Å². The molecule has 8 heteroatoms. The van der Waals surface area contributed by atoms with Crippen LogP contribution in [0.3, 0.4) is 0 Å². The molecule has 0 saturated carbocycles. The van der Waals surface area contributed by atoms with Crippen molar-refractivity contribution in [2.75, 3.05) is 18.1 Å². The second-order valence-corrected chi connectivity index (χ2v) is 13.0. The number of hydrogen-bond acceptors (Lipinski definition) is 5. The van der Waals surface area contributed by atoms with E-state index in [0.29, 0.717) is 17.5 Å². The molecule has 1 aliphatic heterocycles. The molecule has 1 fully saturated rings. The molecule has 0 amide bonds. The normalized spacial score (nSPS) is 22.7. The standard InChI is InChI=1S/C15H25Cl2N3O2Si/c1-15(2,3)23(4,5)22-11-6-10(9-21)20(8-11)13-7-12(16)18-14(17)19-13/h7,10-11,21H,6,8-9H2,1-5H3/t10-,11-/m1/s1. The van der Waals surface area contributed by atoms with Crippen molar-refractivity contribution >= 4 is 37.3 Å². The lowest BCUT2D eigenvalue weighted by atomic mass is 10.2. The van der Waals surface area contributed by atoms with Gasteiger partial charge in [-0.3, -0.25) is 0 Å². The van der Waals surface area contributed by atoms with E-state index in [-0.39, 0.29) is 29.1 Å². The second-order valence-electron chi connectivity index (χ2n) is 7.54. The number of anilines is 1. The number of rotatable bonds is 4. The van der Waals surface area contributed by atoms with Gasteiger partial charge in [0.1, 0.15) is 11.0 Å². The van der Waals surface area contributed by atoms with E-state index in [1.54, 1.807) is 6.07 Å². The first-order chi connectivity index (χ1) is 10.5. The minimum atomic E-state index is -1.86. The monoisotopic (exact) mass is 377 g/mol. The Bertz CT molecular complexity index is 546. The fourth-order valence-corrected chi connectivity index (χ4v) is 4.29. The highest BCUT2D eigenvalue weighted by Gasteiger charge is 2.42. The van der Waals surface area contributed by atoms with Crippen LogP contribution in [-0.2, 0) is 4.43 Å². The highest BCUT2D eigenvalue weighted by Crippen LogP contribution is 2.39. The Morgan fingerprint density at radius 1 is 1.35 bits per heavy atom. The van der Waals surface area contributed by atoms with Crippen LogP contribution < -0.4 is 4.90 Å². The zero-order chi connectivity index (χ0) is 17.4. The summed E-state index contributed by atoms with van der Waals surface area (Å²) in [7, 11) is -1.86. The van der Waals surface area contributed by atoms with Gasteiger partial charge in [0.05, 0.1) is 18.8 Å². The lowest BCUT2D eigenvalue weighted by Crippen LogP contribution is -2.44. The molecular weight excluding hydrogens is 353 g/mol. The smallest absolute Gasteiger partial charge is 0.225 e. The van der Waals surface area contributed by atoms with Crippen LogP contribution >= 0.6 is 23.2 Å². The second kappa shape index (κ2) is 6.84. The summed E-state index contributed by atoms with van der Waals surface area (Å²) in [5, 5.41) is 10.3. The van der Waals surface area contributed by atoms with E-state index in [9.17, 15) is 5.11 Å². The zero-order valence-electron chi connectivity index (χ0n) is 14.3. The van der Waals surface area contributed by atoms with Crippen LogP contribution in [0, 0.1) is 0 Å². The summed E-state index contributed by atoms with van der Waals surface area (Å²) in [6.45, 7) is 11.8. The van der Waals surface area contributed by atoms with Crippen molar-refractivity contribution in [2.24, 2.45) is 0 Å². The molecule has 1 saturated heterocycles. The van der Waals surface area contributed by atoms with Crippen LogP contribution in [0.2, 0.25) is 28.6 Å². The number of aromatic nitrogens is 2. The maximum Gasteiger partial charge on any atom is 0.225 e. The van der Waals surface area contributed by atoms with Crippen LogP contribution in [-0.4, -0.2) is 48.7 Å². The first-order valence-electron chi connectivity index (χ1n) is 7.79. The maximum atomic E-state index is 9.72. The van der Waals surface area contributed by atoms with Gasteiger partial charge in [-0.1, -0.05) is 32.4 Å². The molecule has 1 aromatic heterocycles. The third kappa shape index (κ3) is 4.36. The first-order valence-corrected chi connectivity index (χ1v) is 11.5. The number of aliphatic hydroxyl groups is 1. The third-order valence-electron chi connectivity index (χ3n) is 4.80. The van der Waals surface area contributed by atoms with Gasteiger partial charge < -0.3 is 14.4 Å². The molecule has 0 radical (unpaired) electrons. The molecule has 0 aromatic carbocycles. The molecule has 23 heavy (non-hydrogen) atoms. The van der Waals surface area contributed by atoms with E-state index in [1.165, 1.54) is 0 Å². The molecule has 0 bridgehead atoms. The lowest BCUT2D eigenvalue weighted by Gasteiger charge is -2.38. The number of nitrogens with zero attached hydrogens (tertiary/aromatic N) is 3. The molecule has 2 heterocycles. The summed E-state index contributed by atoms with van der Waals surface area (Å²) in [6, 6.07) is 1.62. The molecule has 0 spiro atoms. The quantitative estimate of drug-likeness (QED) is 0.491. The van der Waals surface area contributed by atoms with Crippen molar-refractivity contribution < 1.29 is 9.53 Å². The van der Waals surface area contributed by atoms with Crippen LogP contribution in [0.25, 0.3) is 0 Å². The molecule has 130 valence electrons. The predicted molar refractivity (Wildman–Crippen MR) is 97.0 cm³/mol. The van der Waals surface area contributed by atoms with Gasteiger partial charge in [-0.2, -0.15) is 0 Å². The van der Waals surface area contributed by atoms with Crippen LogP contribution in [0.1, 0.15) is 27.2 Å². The fourth-order valence-electron chi connectivity index (χ4n) is 2.53. The zero-order valence-corrected chi connectivity index (χ0v) is 16.8. The first kappa shape index (κ1) is 18.9. The van der Waals surface area contributed by atoms with Crippen LogP contribution in [0.5, 0.6) is 0 Å². The molecule has 0 unspecified atom stereocenters. The van der Waals surface area contributed by atoms with Crippen LogP contribution in [0.4, 0.5) is 5.82 Å². The molecule has 1 aromatic rings. The Labute approximate surface area is 149 Å². The maximum absolute atomic E-state index is 9.72. The van der Waals surface area contributed by atoms with Crippen molar-refractivity contribution in [3.8, 4) is 0 Å². The molecule has 2 atom stereocenters. The van der Waals surface area contributed by atoms with E-state index < -0.39 is 8.32 Å². The predicted octanol–water partition coefficient (Wildman–Crippen LogP) is 3.74. The van der Waals surface area contributed by atoms with Gasteiger partial charge in [-0.05, 0) is 36.2 Å². The summed E-state index contributed by atoms with van der Waals surface area (Å²) >= 11 is 11.9. The average Bonchev–Trinajstić information content (AvgIpc) is 2.78. The van der Waals surface area contributed by atoms with Gasteiger partial charge in [-0.15, -0.1) is 0 Å². The summed E-state index contributed by atoms with van der Waals surface area (Å²) in [6.07, 6.45) is 0.836. The van der Waals surface area contributed by atoms with E-state index in [2.05, 4.69) is 43.8 Å². The molecule has 0 aliphatic carbocycles. The van der Waals surface area contributed by atoms with E-state index in [1.807, 2.05) is 4.90 Å². The van der Waals surface area contributed by atoms with Gasteiger partial charge in [-0.25, -0.2) is 9.97 Å². The molecule has 1 aliphatic rings. The Balaban J connectivity index is 2.18. The Hall–Kier alpha value is -0.403. The topological polar surface area (TPSA) is 58.5 Å². The number of halogens is 2. The Morgan fingerprint density at radius 3 is 2.52 bits per heavy atom. The molecule has 1 N–H and O–H groups in total. The Morgan fingerprint density at radius 2 is 2.00 bits per heavy atom. The van der Waals surface area contributed by atoms with E-state index in [0.717, 1.165) is 6.42 Å². The number of hydrogen-bond donors (Lipinski definition) is 1. The summed E-state index contributed by atoms with van der Waals surface area (Å²) < 4.78 is 6.48. The third-order valence-corrected chi connectivity index (χ3v) is 9.70. The van der Waals surface area contributed by atoms with Crippen molar-refractivity contribution in [1.29, 1.82) is 0 Å². The van der Waals surface area contributed by atoms with E-state index in [4.69, 9.17) is 27.6 Å². The molecule has 5 nitrogen and oxygen atoms in total. The Kier molecular flexibility index (Phi) is 5.63. The van der Waals surface area contributed by atoms with Crippen molar-refractivity contribution in [2.45, 2.75) is 57.5 Å². The van der Waals surface area contributed by atoms with Crippen molar-refractivity contribution in [3.63, 3.8) is 0 Å². The molecule has 2 rings (SSSR count).